The van der Waals surface area contributed by atoms with Gasteiger partial charge in [0.25, 0.3) is 0 Å². The van der Waals surface area contributed by atoms with Crippen LogP contribution in [0.2, 0.25) is 10.0 Å². The van der Waals surface area contributed by atoms with E-state index < -0.39 is 0 Å². The van der Waals surface area contributed by atoms with Crippen LogP contribution in [0, 0.1) is 0 Å². The minimum absolute atomic E-state index is 0.368. The van der Waals surface area contributed by atoms with Crippen molar-refractivity contribution in [3.05, 3.63) is 57.6 Å². The Balaban J connectivity index is 1.52. The number of tetrazole rings is 1. The number of benzene rings is 2. The average molecular weight is 468 g/mol. The van der Waals surface area contributed by atoms with Crippen molar-refractivity contribution in [1.29, 1.82) is 0 Å². The lowest BCUT2D eigenvalue weighted by molar-refractivity contribution is 0.280. The van der Waals surface area contributed by atoms with E-state index in [4.69, 9.17) is 32.7 Å². The topological polar surface area (TPSA) is 74.1 Å². The number of para-hydroxylation sites is 1. The van der Waals surface area contributed by atoms with E-state index in [2.05, 4.69) is 20.8 Å². The number of nitrogens with zero attached hydrogens (tertiary/aromatic N) is 4. The maximum absolute atomic E-state index is 6.10. The van der Waals surface area contributed by atoms with Crippen molar-refractivity contribution < 1.29 is 9.47 Å². The Hall–Kier alpha value is -2.00. The second kappa shape index (κ2) is 11.4. The third-order valence-corrected chi connectivity index (χ3v) is 6.11. The Morgan fingerprint density at radius 1 is 1.17 bits per heavy atom. The number of thioether (sulfide) groups is 1. The maximum Gasteiger partial charge on any atom is 0.209 e. The molecule has 30 heavy (non-hydrogen) atoms. The Labute approximate surface area is 190 Å². The highest BCUT2D eigenvalue weighted by atomic mass is 35.5. The maximum atomic E-state index is 6.10. The minimum atomic E-state index is 0.368. The average Bonchev–Trinajstić information content (AvgIpc) is 3.16. The smallest absolute Gasteiger partial charge is 0.209 e. The van der Waals surface area contributed by atoms with Crippen molar-refractivity contribution in [1.82, 2.24) is 25.5 Å². The monoisotopic (exact) mass is 467 g/mol. The zero-order valence-electron chi connectivity index (χ0n) is 16.8. The first-order valence-corrected chi connectivity index (χ1v) is 11.1. The highest BCUT2D eigenvalue weighted by molar-refractivity contribution is 7.99. The van der Waals surface area contributed by atoms with Crippen molar-refractivity contribution in [3.63, 3.8) is 0 Å². The van der Waals surface area contributed by atoms with Crippen LogP contribution in [-0.2, 0) is 20.2 Å². The molecule has 10 heteroatoms. The molecular weight excluding hydrogens is 445 g/mol. The van der Waals surface area contributed by atoms with Crippen LogP contribution in [0.4, 0.5) is 0 Å². The third kappa shape index (κ3) is 6.25. The molecule has 0 saturated heterocycles. The van der Waals surface area contributed by atoms with E-state index in [1.165, 1.54) is 0 Å². The van der Waals surface area contributed by atoms with Gasteiger partial charge in [0, 0.05) is 24.9 Å². The lowest BCUT2D eigenvalue weighted by atomic mass is 10.1. The summed E-state index contributed by atoms with van der Waals surface area (Å²) in [4.78, 5) is 0. The summed E-state index contributed by atoms with van der Waals surface area (Å²) >= 11 is 13.7. The van der Waals surface area contributed by atoms with Gasteiger partial charge in [-0.15, -0.1) is 5.10 Å². The fourth-order valence-corrected chi connectivity index (χ4v) is 3.85. The number of methoxy groups -OCH3 is 1. The zero-order chi connectivity index (χ0) is 21.3. The van der Waals surface area contributed by atoms with Crippen LogP contribution in [0.25, 0.3) is 0 Å². The van der Waals surface area contributed by atoms with Gasteiger partial charge in [-0.1, -0.05) is 53.2 Å². The lowest BCUT2D eigenvalue weighted by Gasteiger charge is -2.16. The summed E-state index contributed by atoms with van der Waals surface area (Å²) in [6.07, 6.45) is 0.987. The van der Waals surface area contributed by atoms with E-state index in [0.29, 0.717) is 28.9 Å². The van der Waals surface area contributed by atoms with Crippen LogP contribution in [0.3, 0.4) is 0 Å². The van der Waals surface area contributed by atoms with Gasteiger partial charge >= 0.3 is 0 Å². The molecule has 0 spiro atoms. The molecule has 0 radical (unpaired) electrons. The van der Waals surface area contributed by atoms with Crippen LogP contribution >= 0.6 is 35.0 Å². The predicted molar refractivity (Wildman–Crippen MR) is 120 cm³/mol. The first-order valence-electron chi connectivity index (χ1n) is 9.37. The zero-order valence-corrected chi connectivity index (χ0v) is 19.1. The summed E-state index contributed by atoms with van der Waals surface area (Å²) in [5.41, 5.74) is 1.96. The second-order valence-electron chi connectivity index (χ2n) is 6.45. The van der Waals surface area contributed by atoms with Gasteiger partial charge in [-0.05, 0) is 47.2 Å². The van der Waals surface area contributed by atoms with Gasteiger partial charge in [-0.3, -0.25) is 0 Å². The van der Waals surface area contributed by atoms with Gasteiger partial charge in [0.1, 0.15) is 6.61 Å². The van der Waals surface area contributed by atoms with Crippen LogP contribution < -0.4 is 14.8 Å². The summed E-state index contributed by atoms with van der Waals surface area (Å²) in [6.45, 7) is 1.90. The Morgan fingerprint density at radius 3 is 2.77 bits per heavy atom. The number of aryl methyl sites for hydroxylation is 1. The molecule has 0 bridgehead atoms. The van der Waals surface area contributed by atoms with Crippen molar-refractivity contribution in [2.45, 2.75) is 24.7 Å². The Morgan fingerprint density at radius 2 is 2.03 bits per heavy atom. The van der Waals surface area contributed by atoms with E-state index >= 15 is 0 Å². The molecule has 0 aliphatic heterocycles. The fraction of sp³-hybridized carbons (Fsp3) is 0.350. The third-order valence-electron chi connectivity index (χ3n) is 4.27. The molecule has 2 aromatic carbocycles. The van der Waals surface area contributed by atoms with E-state index in [0.717, 1.165) is 40.8 Å². The normalized spacial score (nSPS) is 10.9. The van der Waals surface area contributed by atoms with Crippen LogP contribution in [0.1, 0.15) is 17.5 Å². The molecule has 1 N–H and O–H groups in total. The standard InChI is InChI=1S/C20H23Cl2N5O2S/c1-27-20(24-25-26-27)30-10-4-9-23-12-15-5-3-6-18(28-2)19(15)29-13-14-7-8-16(21)17(22)11-14/h3,5-8,11,23H,4,9-10,12-13H2,1-2H3. The van der Waals surface area contributed by atoms with Gasteiger partial charge in [-0.2, -0.15) is 0 Å². The first kappa shape index (κ1) is 22.7. The van der Waals surface area contributed by atoms with Gasteiger partial charge in [0.05, 0.1) is 17.2 Å². The molecule has 160 valence electrons. The highest BCUT2D eigenvalue weighted by Gasteiger charge is 2.11. The SMILES string of the molecule is COc1cccc(CNCCCSc2nnnn2C)c1OCc1ccc(Cl)c(Cl)c1. The molecular formula is C20H23Cl2N5O2S. The number of hydrogen-bond donors (Lipinski definition) is 1. The molecule has 0 amide bonds. The lowest BCUT2D eigenvalue weighted by Crippen LogP contribution is -2.16. The molecule has 0 fully saturated rings. The Bertz CT molecular complexity index is 970. The summed E-state index contributed by atoms with van der Waals surface area (Å²) in [7, 11) is 3.47. The van der Waals surface area contributed by atoms with Crippen molar-refractivity contribution >= 4 is 35.0 Å². The molecule has 1 aromatic heterocycles. The van der Waals surface area contributed by atoms with Gasteiger partial charge in [0.2, 0.25) is 5.16 Å². The first-order chi connectivity index (χ1) is 14.6. The molecule has 1 heterocycles. The molecule has 3 rings (SSSR count). The van der Waals surface area contributed by atoms with Crippen LogP contribution in [-0.4, -0.2) is 39.6 Å². The van der Waals surface area contributed by atoms with Gasteiger partial charge in [0.15, 0.2) is 11.5 Å². The van der Waals surface area contributed by atoms with Gasteiger partial charge in [-0.25, -0.2) is 4.68 Å². The van der Waals surface area contributed by atoms with E-state index in [1.807, 2.05) is 37.4 Å². The molecule has 0 aliphatic rings. The van der Waals surface area contributed by atoms with E-state index in [-0.39, 0.29) is 0 Å². The quantitative estimate of drug-likeness (QED) is 0.331. The number of rotatable bonds is 11. The van der Waals surface area contributed by atoms with Crippen molar-refractivity contribution in [2.75, 3.05) is 19.4 Å². The summed E-state index contributed by atoms with van der Waals surface area (Å²) in [6, 6.07) is 11.3. The van der Waals surface area contributed by atoms with Crippen molar-refractivity contribution in [3.8, 4) is 11.5 Å². The molecule has 0 atom stereocenters. The fourth-order valence-electron chi connectivity index (χ4n) is 2.74. The summed E-state index contributed by atoms with van der Waals surface area (Å²) in [5, 5.41) is 16.7. The number of halogens is 2. The summed E-state index contributed by atoms with van der Waals surface area (Å²) in [5.74, 6) is 2.35. The molecule has 7 nitrogen and oxygen atoms in total. The second-order valence-corrected chi connectivity index (χ2v) is 8.33. The number of ether oxygens (including phenoxy) is 2. The minimum Gasteiger partial charge on any atom is -0.493 e. The highest BCUT2D eigenvalue weighted by Crippen LogP contribution is 2.32. The van der Waals surface area contributed by atoms with Crippen LogP contribution in [0.15, 0.2) is 41.6 Å². The van der Waals surface area contributed by atoms with E-state index in [9.17, 15) is 0 Å². The van der Waals surface area contributed by atoms with E-state index in [1.54, 1.807) is 29.6 Å². The Kier molecular flexibility index (Phi) is 8.62. The van der Waals surface area contributed by atoms with Crippen LogP contribution in [0.5, 0.6) is 11.5 Å². The number of nitrogens with one attached hydrogen (secondary N) is 1. The van der Waals surface area contributed by atoms with Crippen molar-refractivity contribution in [2.24, 2.45) is 7.05 Å². The largest absolute Gasteiger partial charge is 0.493 e. The summed E-state index contributed by atoms with van der Waals surface area (Å²) < 4.78 is 13.2. The molecule has 0 saturated carbocycles. The number of aromatic nitrogens is 4. The molecule has 3 aromatic rings. The predicted octanol–water partition coefficient (Wildman–Crippen LogP) is 4.38. The molecule has 0 unspecified atom stereocenters. The molecule has 0 aliphatic carbocycles. The number of hydrogen-bond acceptors (Lipinski definition) is 7. The van der Waals surface area contributed by atoms with Gasteiger partial charge < -0.3 is 14.8 Å².